The molecule has 0 saturated heterocycles. The van der Waals surface area contributed by atoms with E-state index in [0.717, 1.165) is 0 Å². The third-order valence-corrected chi connectivity index (χ3v) is 5.09. The lowest BCUT2D eigenvalue weighted by Gasteiger charge is -2.08. The zero-order chi connectivity index (χ0) is 20.4. The maximum Gasteiger partial charge on any atom is 0.289 e. The minimum Gasteiger partial charge on any atom is -0.539 e. The highest BCUT2D eigenvalue weighted by molar-refractivity contribution is 7.14. The van der Waals surface area contributed by atoms with Crippen LogP contribution in [-0.4, -0.2) is 21.1 Å². The zero-order valence-electron chi connectivity index (χ0n) is 15.3. The van der Waals surface area contributed by atoms with Crippen LogP contribution >= 0.6 is 11.3 Å². The molecule has 2 aromatic carbocycles. The van der Waals surface area contributed by atoms with Gasteiger partial charge in [-0.25, -0.2) is 4.98 Å². The van der Waals surface area contributed by atoms with Crippen molar-refractivity contribution < 1.29 is 24.2 Å². The molecule has 0 aliphatic carbocycles. The van der Waals surface area contributed by atoms with Crippen LogP contribution in [0.3, 0.4) is 0 Å². The number of ketones is 1. The van der Waals surface area contributed by atoms with E-state index in [-0.39, 0.29) is 29.3 Å². The van der Waals surface area contributed by atoms with Gasteiger partial charge in [-0.05, 0) is 17.7 Å². The molecular weight excluding hydrogens is 392 g/mol. The van der Waals surface area contributed by atoms with Gasteiger partial charge in [0.15, 0.2) is 22.6 Å². The number of carbonyl (C=O) groups is 1. The number of para-hydroxylation sites is 2. The van der Waals surface area contributed by atoms with E-state index in [1.54, 1.807) is 23.6 Å². The molecule has 0 spiro atoms. The first kappa shape index (κ1) is 18.6. The normalized spacial score (nSPS) is 10.8. The predicted octanol–water partition coefficient (Wildman–Crippen LogP) is 2.67. The Hall–Kier alpha value is -3.72. The molecule has 8 nitrogen and oxygen atoms in total. The maximum atomic E-state index is 12.2. The van der Waals surface area contributed by atoms with Crippen molar-refractivity contribution in [3.8, 4) is 28.8 Å². The highest BCUT2D eigenvalue weighted by Crippen LogP contribution is 2.29. The van der Waals surface area contributed by atoms with Crippen molar-refractivity contribution in [1.29, 1.82) is 0 Å². The summed E-state index contributed by atoms with van der Waals surface area (Å²) in [5.74, 6) is -0.841. The van der Waals surface area contributed by atoms with Gasteiger partial charge in [0.25, 0.3) is 5.69 Å². The Kier molecular flexibility index (Phi) is 4.96. The summed E-state index contributed by atoms with van der Waals surface area (Å²) in [5.41, 5.74) is 2.18. The number of thiazole rings is 1. The summed E-state index contributed by atoms with van der Waals surface area (Å²) in [4.78, 5) is 16.0. The topological polar surface area (TPSA) is 115 Å². The van der Waals surface area contributed by atoms with E-state index < -0.39 is 5.95 Å². The van der Waals surface area contributed by atoms with Gasteiger partial charge in [0, 0.05) is 29.6 Å². The van der Waals surface area contributed by atoms with E-state index >= 15 is 0 Å². The van der Waals surface area contributed by atoms with E-state index in [2.05, 4.69) is 15.6 Å². The third kappa shape index (κ3) is 3.67. The number of benzene rings is 2. The van der Waals surface area contributed by atoms with Crippen molar-refractivity contribution in [3.05, 3.63) is 65.0 Å². The molecule has 2 heterocycles. The standard InChI is InChI=1S/C20H16N4O4S/c1-12(25)15-9-5-6-13(18(15)26)10-21-20-22-16(11-29-20)17-19(27)28-23-24(17)14-7-3-2-4-8-14/h2-9,11H,10H2,1H3,(H2-,21,22,23,25,26,27). The van der Waals surface area contributed by atoms with Crippen molar-refractivity contribution in [1.82, 2.24) is 10.3 Å². The molecule has 0 aliphatic heterocycles. The highest BCUT2D eigenvalue weighted by atomic mass is 32.1. The fraction of sp³-hybridized carbons (Fsp3) is 0.100. The van der Waals surface area contributed by atoms with E-state index in [4.69, 9.17) is 4.52 Å². The molecule has 4 aromatic rings. The Morgan fingerprint density at radius 2 is 2.03 bits per heavy atom. The number of carbonyl (C=O) groups excluding carboxylic acids is 1. The summed E-state index contributed by atoms with van der Waals surface area (Å²) >= 11 is 1.30. The van der Waals surface area contributed by atoms with Gasteiger partial charge in [0.05, 0.1) is 10.8 Å². The summed E-state index contributed by atoms with van der Waals surface area (Å²) in [7, 11) is 0. The van der Waals surface area contributed by atoms with Crippen LogP contribution < -0.4 is 15.1 Å². The molecule has 0 bridgehead atoms. The third-order valence-electron chi connectivity index (χ3n) is 4.29. The smallest absolute Gasteiger partial charge is 0.289 e. The molecule has 0 amide bonds. The average Bonchev–Trinajstić information content (AvgIpc) is 3.34. The summed E-state index contributed by atoms with van der Waals surface area (Å²) in [6.45, 7) is 1.67. The molecule has 146 valence electrons. The molecule has 0 aliphatic rings. The molecule has 0 saturated carbocycles. The van der Waals surface area contributed by atoms with E-state index in [1.165, 1.54) is 22.9 Å². The first-order chi connectivity index (χ1) is 14.0. The van der Waals surface area contributed by atoms with E-state index in [0.29, 0.717) is 22.1 Å². The Morgan fingerprint density at radius 3 is 2.79 bits per heavy atom. The SMILES string of the molecule is CC(=O)c1cccc(CNc2nc(-c3c([O-])on[n+]3-c3ccccc3)cs2)c1O. The molecule has 2 N–H and O–H groups in total. The second kappa shape index (κ2) is 7.72. The molecule has 0 fully saturated rings. The van der Waals surface area contributed by atoms with Crippen molar-refractivity contribution in [2.75, 3.05) is 5.32 Å². The maximum absolute atomic E-state index is 12.2. The lowest BCUT2D eigenvalue weighted by Crippen LogP contribution is -2.34. The zero-order valence-corrected chi connectivity index (χ0v) is 16.1. The summed E-state index contributed by atoms with van der Waals surface area (Å²) in [6, 6.07) is 14.2. The number of Topliss-reactive ketones (excluding diaryl/α,β-unsaturated/α-hetero) is 1. The monoisotopic (exact) mass is 408 g/mol. The second-order valence-corrected chi connectivity index (χ2v) is 7.08. The van der Waals surface area contributed by atoms with Crippen LogP contribution in [0.25, 0.3) is 17.1 Å². The van der Waals surface area contributed by atoms with Gasteiger partial charge in [0.2, 0.25) is 5.69 Å². The van der Waals surface area contributed by atoms with Crippen LogP contribution in [0.2, 0.25) is 0 Å². The number of phenolic OH excluding ortho intramolecular Hbond substituents is 1. The summed E-state index contributed by atoms with van der Waals surface area (Å²) in [6.07, 6.45) is 0. The van der Waals surface area contributed by atoms with Crippen LogP contribution in [0.1, 0.15) is 22.8 Å². The molecule has 0 atom stereocenters. The first-order valence-electron chi connectivity index (χ1n) is 8.70. The van der Waals surface area contributed by atoms with Gasteiger partial charge < -0.3 is 20.1 Å². The van der Waals surface area contributed by atoms with E-state index in [1.807, 2.05) is 30.3 Å². The number of nitrogens with one attached hydrogen (secondary N) is 1. The van der Waals surface area contributed by atoms with Gasteiger partial charge in [0.1, 0.15) is 5.75 Å². The lowest BCUT2D eigenvalue weighted by molar-refractivity contribution is -0.660. The average molecular weight is 408 g/mol. The highest BCUT2D eigenvalue weighted by Gasteiger charge is 2.24. The number of rotatable bonds is 6. The largest absolute Gasteiger partial charge is 0.539 e. The van der Waals surface area contributed by atoms with Gasteiger partial charge in [-0.15, -0.1) is 11.3 Å². The fourth-order valence-corrected chi connectivity index (χ4v) is 3.55. The fourth-order valence-electron chi connectivity index (χ4n) is 2.86. The second-order valence-electron chi connectivity index (χ2n) is 6.22. The number of aromatic hydroxyl groups is 1. The number of anilines is 1. The van der Waals surface area contributed by atoms with Gasteiger partial charge in [-0.3, -0.25) is 4.79 Å². The Morgan fingerprint density at radius 1 is 1.24 bits per heavy atom. The quantitative estimate of drug-likeness (QED) is 0.372. The molecule has 4 rings (SSSR count). The number of hydrogen-bond donors (Lipinski definition) is 2. The number of phenols is 1. The predicted molar refractivity (Wildman–Crippen MR) is 104 cm³/mol. The van der Waals surface area contributed by atoms with Crippen molar-refractivity contribution in [2.24, 2.45) is 0 Å². The molecule has 9 heteroatoms. The summed E-state index contributed by atoms with van der Waals surface area (Å²) in [5, 5.41) is 31.6. The lowest BCUT2D eigenvalue weighted by atomic mass is 10.1. The number of aromatic nitrogens is 3. The van der Waals surface area contributed by atoms with Gasteiger partial charge in [-0.1, -0.05) is 30.3 Å². The van der Waals surface area contributed by atoms with Gasteiger partial charge in [-0.2, -0.15) is 0 Å². The van der Waals surface area contributed by atoms with Crippen molar-refractivity contribution in [3.63, 3.8) is 0 Å². The minimum absolute atomic E-state index is 0.0490. The van der Waals surface area contributed by atoms with Crippen LogP contribution in [0.4, 0.5) is 5.13 Å². The number of nitrogens with zero attached hydrogens (tertiary/aromatic N) is 3. The summed E-state index contributed by atoms with van der Waals surface area (Å²) < 4.78 is 6.24. The van der Waals surface area contributed by atoms with Crippen molar-refractivity contribution in [2.45, 2.75) is 13.5 Å². The van der Waals surface area contributed by atoms with Crippen molar-refractivity contribution >= 4 is 22.3 Å². The molecule has 2 aromatic heterocycles. The van der Waals surface area contributed by atoms with E-state index in [9.17, 15) is 15.0 Å². The number of hydrogen-bond acceptors (Lipinski definition) is 8. The Labute approximate surface area is 169 Å². The first-order valence-corrected chi connectivity index (χ1v) is 9.58. The Balaban J connectivity index is 1.57. The molecule has 0 radical (unpaired) electrons. The van der Waals surface area contributed by atoms with Crippen LogP contribution in [-0.2, 0) is 6.54 Å². The van der Waals surface area contributed by atoms with Crippen LogP contribution in [0.5, 0.6) is 11.7 Å². The van der Waals surface area contributed by atoms with Crippen LogP contribution in [0, 0.1) is 0 Å². The molecule has 29 heavy (non-hydrogen) atoms. The minimum atomic E-state index is -0.586. The van der Waals surface area contributed by atoms with Gasteiger partial charge >= 0.3 is 0 Å². The van der Waals surface area contributed by atoms with Crippen LogP contribution in [0.15, 0.2) is 58.4 Å². The molecular formula is C20H16N4O4S. The Bertz CT molecular complexity index is 1170. The molecule has 0 unspecified atom stereocenters.